The monoisotopic (exact) mass is 226 g/mol. The number of hydrogen-bond donors (Lipinski definition) is 2. The molecule has 1 aliphatic heterocycles. The molecular formula is C12H16F2N2. The van der Waals surface area contributed by atoms with Crippen LogP contribution in [-0.4, -0.2) is 18.6 Å². The van der Waals surface area contributed by atoms with Crippen LogP contribution in [0.1, 0.15) is 24.0 Å². The molecule has 1 fully saturated rings. The minimum Gasteiger partial charge on any atom is -0.324 e. The Labute approximate surface area is 93.8 Å². The Bertz CT molecular complexity index is 416. The quantitative estimate of drug-likeness (QED) is 0.764. The van der Waals surface area contributed by atoms with E-state index in [0.717, 1.165) is 0 Å². The average Bonchev–Trinajstić information content (AvgIpc) is 2.52. The van der Waals surface area contributed by atoms with Gasteiger partial charge in [-0.3, -0.25) is 0 Å². The van der Waals surface area contributed by atoms with Crippen LogP contribution >= 0.6 is 0 Å². The van der Waals surface area contributed by atoms with Crippen molar-refractivity contribution in [1.29, 1.82) is 0 Å². The molecule has 0 spiro atoms. The fourth-order valence-corrected chi connectivity index (χ4v) is 2.24. The Hall–Kier alpha value is -1.00. The van der Waals surface area contributed by atoms with E-state index in [-0.39, 0.29) is 17.6 Å². The molecule has 0 aliphatic carbocycles. The molecule has 1 aromatic carbocycles. The standard InChI is InChI=1S/C12H16F2N2/c1-7-3-11(14)8(4-10(7)13)9-5-16-6-12(9,2)15/h3-4,9,16H,5-6,15H2,1-2H3/t9-,12+/m1/s1. The van der Waals surface area contributed by atoms with Crippen molar-refractivity contribution in [1.82, 2.24) is 5.32 Å². The predicted molar refractivity (Wildman–Crippen MR) is 59.3 cm³/mol. The lowest BCUT2D eigenvalue weighted by atomic mass is 9.84. The number of rotatable bonds is 1. The summed E-state index contributed by atoms with van der Waals surface area (Å²) in [5.74, 6) is -0.925. The van der Waals surface area contributed by atoms with Gasteiger partial charge in [-0.15, -0.1) is 0 Å². The Morgan fingerprint density at radius 3 is 2.62 bits per heavy atom. The third-order valence-electron chi connectivity index (χ3n) is 3.30. The van der Waals surface area contributed by atoms with Crippen molar-refractivity contribution in [2.24, 2.45) is 5.73 Å². The Morgan fingerprint density at radius 2 is 2.06 bits per heavy atom. The number of benzene rings is 1. The van der Waals surface area contributed by atoms with E-state index in [9.17, 15) is 8.78 Å². The van der Waals surface area contributed by atoms with E-state index >= 15 is 0 Å². The topological polar surface area (TPSA) is 38.0 Å². The molecule has 1 aliphatic rings. The van der Waals surface area contributed by atoms with Crippen molar-refractivity contribution in [2.45, 2.75) is 25.3 Å². The molecule has 1 saturated heterocycles. The molecule has 1 aromatic rings. The van der Waals surface area contributed by atoms with E-state index in [1.165, 1.54) is 12.1 Å². The van der Waals surface area contributed by atoms with E-state index in [2.05, 4.69) is 5.32 Å². The van der Waals surface area contributed by atoms with Crippen molar-refractivity contribution in [3.05, 3.63) is 34.9 Å². The number of aryl methyl sites for hydroxylation is 1. The van der Waals surface area contributed by atoms with Crippen molar-refractivity contribution in [2.75, 3.05) is 13.1 Å². The molecule has 2 atom stereocenters. The first-order valence-corrected chi connectivity index (χ1v) is 5.37. The molecule has 88 valence electrons. The van der Waals surface area contributed by atoms with Crippen LogP contribution in [0, 0.1) is 18.6 Å². The van der Waals surface area contributed by atoms with Gasteiger partial charge in [-0.2, -0.15) is 0 Å². The second-order valence-corrected chi connectivity index (χ2v) is 4.81. The largest absolute Gasteiger partial charge is 0.324 e. The lowest BCUT2D eigenvalue weighted by molar-refractivity contribution is 0.443. The van der Waals surface area contributed by atoms with E-state index in [1.54, 1.807) is 6.92 Å². The summed E-state index contributed by atoms with van der Waals surface area (Å²) in [4.78, 5) is 0. The van der Waals surface area contributed by atoms with Gasteiger partial charge < -0.3 is 11.1 Å². The molecule has 1 heterocycles. The zero-order valence-electron chi connectivity index (χ0n) is 9.48. The maximum atomic E-state index is 13.8. The molecular weight excluding hydrogens is 210 g/mol. The highest BCUT2D eigenvalue weighted by atomic mass is 19.1. The van der Waals surface area contributed by atoms with Crippen LogP contribution < -0.4 is 11.1 Å². The lowest BCUT2D eigenvalue weighted by Crippen LogP contribution is -2.43. The molecule has 0 bridgehead atoms. The molecule has 16 heavy (non-hydrogen) atoms. The number of nitrogens with two attached hydrogens (primary N) is 1. The highest BCUT2D eigenvalue weighted by Gasteiger charge is 2.37. The fraction of sp³-hybridized carbons (Fsp3) is 0.500. The summed E-state index contributed by atoms with van der Waals surface area (Å²) in [5, 5.41) is 3.11. The Balaban J connectivity index is 2.44. The van der Waals surface area contributed by atoms with Crippen molar-refractivity contribution >= 4 is 0 Å². The van der Waals surface area contributed by atoms with Gasteiger partial charge in [-0.1, -0.05) is 0 Å². The summed E-state index contributed by atoms with van der Waals surface area (Å²) >= 11 is 0. The van der Waals surface area contributed by atoms with Crippen LogP contribution in [0.3, 0.4) is 0 Å². The van der Waals surface area contributed by atoms with Crippen LogP contribution in [0.4, 0.5) is 8.78 Å². The molecule has 0 unspecified atom stereocenters. The zero-order chi connectivity index (χ0) is 11.9. The minimum atomic E-state index is -0.525. The van der Waals surface area contributed by atoms with E-state index < -0.39 is 5.54 Å². The van der Waals surface area contributed by atoms with Gasteiger partial charge in [-0.25, -0.2) is 8.78 Å². The Kier molecular flexibility index (Phi) is 2.72. The molecule has 4 heteroatoms. The average molecular weight is 226 g/mol. The summed E-state index contributed by atoms with van der Waals surface area (Å²) in [6.07, 6.45) is 0. The minimum absolute atomic E-state index is 0.178. The van der Waals surface area contributed by atoms with Gasteiger partial charge in [0.1, 0.15) is 11.6 Å². The summed E-state index contributed by atoms with van der Waals surface area (Å²) in [6, 6.07) is 2.51. The summed E-state index contributed by atoms with van der Waals surface area (Å²) in [6.45, 7) is 4.62. The van der Waals surface area contributed by atoms with Crippen LogP contribution in [0.15, 0.2) is 12.1 Å². The SMILES string of the molecule is Cc1cc(F)c([C@H]2CNC[C@]2(C)N)cc1F. The third-order valence-corrected chi connectivity index (χ3v) is 3.30. The van der Waals surface area contributed by atoms with Crippen molar-refractivity contribution in [3.8, 4) is 0 Å². The van der Waals surface area contributed by atoms with E-state index in [4.69, 9.17) is 5.73 Å². The lowest BCUT2D eigenvalue weighted by Gasteiger charge is -2.26. The summed E-state index contributed by atoms with van der Waals surface area (Å²) in [5.41, 5.74) is 6.23. The smallest absolute Gasteiger partial charge is 0.127 e. The first-order valence-electron chi connectivity index (χ1n) is 5.37. The van der Waals surface area contributed by atoms with Crippen molar-refractivity contribution < 1.29 is 8.78 Å². The summed E-state index contributed by atoms with van der Waals surface area (Å²) in [7, 11) is 0. The maximum absolute atomic E-state index is 13.8. The molecule has 0 aromatic heterocycles. The van der Waals surface area contributed by atoms with Crippen LogP contribution in [0.2, 0.25) is 0 Å². The first kappa shape index (κ1) is 11.5. The second-order valence-electron chi connectivity index (χ2n) is 4.81. The number of hydrogen-bond acceptors (Lipinski definition) is 2. The van der Waals surface area contributed by atoms with Gasteiger partial charge in [0.2, 0.25) is 0 Å². The van der Waals surface area contributed by atoms with Crippen LogP contribution in [0.5, 0.6) is 0 Å². The zero-order valence-corrected chi connectivity index (χ0v) is 9.48. The maximum Gasteiger partial charge on any atom is 0.127 e. The molecule has 0 radical (unpaired) electrons. The highest BCUT2D eigenvalue weighted by Crippen LogP contribution is 2.32. The molecule has 0 amide bonds. The number of nitrogens with one attached hydrogen (secondary N) is 1. The fourth-order valence-electron chi connectivity index (χ4n) is 2.24. The van der Waals surface area contributed by atoms with Gasteiger partial charge in [-0.05, 0) is 37.1 Å². The first-order chi connectivity index (χ1) is 7.42. The van der Waals surface area contributed by atoms with Crippen molar-refractivity contribution in [3.63, 3.8) is 0 Å². The van der Waals surface area contributed by atoms with Gasteiger partial charge in [0.05, 0.1) is 0 Å². The Morgan fingerprint density at radius 1 is 1.38 bits per heavy atom. The summed E-state index contributed by atoms with van der Waals surface area (Å²) < 4.78 is 27.2. The highest BCUT2D eigenvalue weighted by molar-refractivity contribution is 5.32. The predicted octanol–water partition coefficient (Wildman–Crippen LogP) is 1.68. The number of halogens is 2. The molecule has 3 N–H and O–H groups in total. The molecule has 0 saturated carbocycles. The molecule has 2 rings (SSSR count). The van der Waals surface area contributed by atoms with E-state index in [1.807, 2.05) is 6.92 Å². The van der Waals surface area contributed by atoms with Crippen LogP contribution in [-0.2, 0) is 0 Å². The van der Waals surface area contributed by atoms with Gasteiger partial charge in [0.25, 0.3) is 0 Å². The van der Waals surface area contributed by atoms with Gasteiger partial charge in [0, 0.05) is 24.5 Å². The second kappa shape index (κ2) is 3.79. The molecule has 2 nitrogen and oxygen atoms in total. The van der Waals surface area contributed by atoms with Gasteiger partial charge in [0.15, 0.2) is 0 Å². The normalized spacial score (nSPS) is 29.7. The third kappa shape index (κ3) is 1.83. The van der Waals surface area contributed by atoms with Gasteiger partial charge >= 0.3 is 0 Å². The van der Waals surface area contributed by atoms with Crippen LogP contribution in [0.25, 0.3) is 0 Å². The van der Waals surface area contributed by atoms with E-state index in [0.29, 0.717) is 24.2 Å².